The number of carbonyl (C=O) groups is 2. The number of non-ortho nitro benzene ring substituents is 1. The molecule has 0 saturated carbocycles. The Bertz CT molecular complexity index is 756. The molecule has 0 aromatic heterocycles. The molecule has 130 valence electrons. The fourth-order valence-corrected chi connectivity index (χ4v) is 1.93. The van der Waals surface area contributed by atoms with Crippen molar-refractivity contribution in [2.24, 2.45) is 0 Å². The summed E-state index contributed by atoms with van der Waals surface area (Å²) in [5.41, 5.74) is 1.03. The van der Waals surface area contributed by atoms with Gasteiger partial charge in [-0.05, 0) is 36.4 Å². The minimum absolute atomic E-state index is 0.0899. The average molecular weight is 344 g/mol. The average Bonchev–Trinajstić information content (AvgIpc) is 2.62. The molecule has 0 fully saturated rings. The van der Waals surface area contributed by atoms with E-state index < -0.39 is 16.8 Å². The first kappa shape index (κ1) is 18.1. The highest BCUT2D eigenvalue weighted by Crippen LogP contribution is 2.15. The fraction of sp³-hybridized carbons (Fsp3) is 0.176. The highest BCUT2D eigenvalue weighted by Gasteiger charge is 2.11. The Morgan fingerprint density at radius 3 is 2.16 bits per heavy atom. The molecule has 2 aromatic rings. The number of nitro benzene ring substituents is 1. The van der Waals surface area contributed by atoms with E-state index in [4.69, 9.17) is 9.47 Å². The molecule has 1 amide bonds. The Morgan fingerprint density at radius 1 is 1.00 bits per heavy atom. The second-order valence-electron chi connectivity index (χ2n) is 4.96. The molecule has 0 aliphatic carbocycles. The van der Waals surface area contributed by atoms with Crippen LogP contribution in [0.5, 0.6) is 0 Å². The second-order valence-corrected chi connectivity index (χ2v) is 4.96. The molecular weight excluding hydrogens is 328 g/mol. The first-order valence-electron chi connectivity index (χ1n) is 7.33. The van der Waals surface area contributed by atoms with Gasteiger partial charge >= 0.3 is 5.97 Å². The van der Waals surface area contributed by atoms with Crippen LogP contribution in [0.3, 0.4) is 0 Å². The quantitative estimate of drug-likeness (QED) is 0.358. The monoisotopic (exact) mass is 344 g/mol. The summed E-state index contributed by atoms with van der Waals surface area (Å²) in [5.74, 6) is -0.893. The zero-order valence-electron chi connectivity index (χ0n) is 13.4. The number of rotatable bonds is 7. The molecule has 0 bridgehead atoms. The molecule has 0 unspecified atom stereocenters. The van der Waals surface area contributed by atoms with Crippen molar-refractivity contribution in [1.29, 1.82) is 0 Å². The summed E-state index contributed by atoms with van der Waals surface area (Å²) in [6, 6.07) is 11.4. The Labute approximate surface area is 143 Å². The van der Waals surface area contributed by atoms with E-state index >= 15 is 0 Å². The number of nitrogens with one attached hydrogen (secondary N) is 1. The van der Waals surface area contributed by atoms with Gasteiger partial charge in [-0.25, -0.2) is 4.79 Å². The Hall–Kier alpha value is -3.26. The van der Waals surface area contributed by atoms with E-state index in [9.17, 15) is 19.7 Å². The van der Waals surface area contributed by atoms with Crippen molar-refractivity contribution < 1.29 is 24.0 Å². The minimum Gasteiger partial charge on any atom is -0.460 e. The number of ether oxygens (including phenoxy) is 2. The maximum atomic E-state index is 12.1. The molecule has 0 saturated heterocycles. The van der Waals surface area contributed by atoms with Crippen LogP contribution in [0.15, 0.2) is 48.5 Å². The third kappa shape index (κ3) is 5.11. The van der Waals surface area contributed by atoms with E-state index in [0.29, 0.717) is 17.9 Å². The lowest BCUT2D eigenvalue weighted by Gasteiger charge is -2.07. The van der Waals surface area contributed by atoms with Crippen LogP contribution >= 0.6 is 0 Å². The number of carbonyl (C=O) groups excluding carboxylic acids is 2. The van der Waals surface area contributed by atoms with Crippen molar-refractivity contribution in [3.05, 3.63) is 69.8 Å². The number of amides is 1. The van der Waals surface area contributed by atoms with Crippen LogP contribution in [0.1, 0.15) is 20.7 Å². The topological polar surface area (TPSA) is 108 Å². The van der Waals surface area contributed by atoms with Crippen molar-refractivity contribution in [1.82, 2.24) is 0 Å². The van der Waals surface area contributed by atoms with Gasteiger partial charge in [0.1, 0.15) is 6.61 Å². The van der Waals surface area contributed by atoms with Gasteiger partial charge in [0.2, 0.25) is 0 Å². The maximum Gasteiger partial charge on any atom is 0.338 e. The molecule has 0 aliphatic heterocycles. The van der Waals surface area contributed by atoms with Gasteiger partial charge in [0.05, 0.1) is 17.1 Å². The highest BCUT2D eigenvalue weighted by atomic mass is 16.6. The molecule has 0 atom stereocenters. The summed E-state index contributed by atoms with van der Waals surface area (Å²) >= 11 is 0. The van der Waals surface area contributed by atoms with Gasteiger partial charge in [0.25, 0.3) is 11.6 Å². The van der Waals surface area contributed by atoms with Crippen LogP contribution in [0, 0.1) is 10.1 Å². The normalized spacial score (nSPS) is 10.1. The summed E-state index contributed by atoms with van der Waals surface area (Å²) in [7, 11) is 1.51. The Kier molecular flexibility index (Phi) is 6.19. The van der Waals surface area contributed by atoms with E-state index in [0.717, 1.165) is 0 Å². The minimum atomic E-state index is -0.536. The molecule has 0 heterocycles. The highest BCUT2D eigenvalue weighted by molar-refractivity contribution is 6.04. The molecule has 8 heteroatoms. The predicted molar refractivity (Wildman–Crippen MR) is 89.7 cm³/mol. The Morgan fingerprint density at radius 2 is 1.60 bits per heavy atom. The van der Waals surface area contributed by atoms with Crippen molar-refractivity contribution in [3.8, 4) is 0 Å². The molecular formula is C17H16N2O6. The number of anilines is 1. The lowest BCUT2D eigenvalue weighted by Crippen LogP contribution is -2.12. The van der Waals surface area contributed by atoms with Gasteiger partial charge in [-0.3, -0.25) is 14.9 Å². The standard InChI is InChI=1S/C17H16N2O6/c1-24-10-11-25-17(21)13-2-6-14(7-3-13)18-16(20)12-4-8-15(9-5-12)19(22)23/h2-9H,10-11H2,1H3,(H,18,20). The van der Waals surface area contributed by atoms with E-state index in [1.165, 1.54) is 43.5 Å². The van der Waals surface area contributed by atoms with Gasteiger partial charge in [-0.1, -0.05) is 0 Å². The fourth-order valence-electron chi connectivity index (χ4n) is 1.93. The summed E-state index contributed by atoms with van der Waals surface area (Å²) in [5, 5.41) is 13.2. The van der Waals surface area contributed by atoms with Gasteiger partial charge in [0, 0.05) is 30.5 Å². The lowest BCUT2D eigenvalue weighted by atomic mass is 10.1. The number of nitrogens with zero attached hydrogens (tertiary/aromatic N) is 1. The summed E-state index contributed by atoms with van der Waals surface area (Å²) in [4.78, 5) is 33.9. The van der Waals surface area contributed by atoms with E-state index in [2.05, 4.69) is 5.32 Å². The first-order chi connectivity index (χ1) is 12.0. The number of hydrogen-bond acceptors (Lipinski definition) is 6. The van der Waals surface area contributed by atoms with Crippen LogP contribution in [0.25, 0.3) is 0 Å². The summed E-state index contributed by atoms with van der Waals surface area (Å²) < 4.78 is 9.77. The van der Waals surface area contributed by atoms with Crippen LogP contribution in [0.2, 0.25) is 0 Å². The van der Waals surface area contributed by atoms with Gasteiger partial charge in [-0.2, -0.15) is 0 Å². The number of methoxy groups -OCH3 is 1. The zero-order valence-corrected chi connectivity index (χ0v) is 13.4. The molecule has 0 aliphatic rings. The van der Waals surface area contributed by atoms with Crippen LogP contribution in [0.4, 0.5) is 11.4 Å². The third-order valence-corrected chi connectivity index (χ3v) is 3.24. The van der Waals surface area contributed by atoms with Crippen LogP contribution in [-0.4, -0.2) is 37.1 Å². The van der Waals surface area contributed by atoms with Gasteiger partial charge < -0.3 is 14.8 Å². The summed E-state index contributed by atoms with van der Waals surface area (Å²) in [6.07, 6.45) is 0. The molecule has 25 heavy (non-hydrogen) atoms. The smallest absolute Gasteiger partial charge is 0.338 e. The van der Waals surface area contributed by atoms with Crippen molar-refractivity contribution >= 4 is 23.3 Å². The summed E-state index contributed by atoms with van der Waals surface area (Å²) in [6.45, 7) is 0.475. The largest absolute Gasteiger partial charge is 0.460 e. The van der Waals surface area contributed by atoms with Crippen LogP contribution < -0.4 is 5.32 Å². The molecule has 8 nitrogen and oxygen atoms in total. The van der Waals surface area contributed by atoms with Gasteiger partial charge in [-0.15, -0.1) is 0 Å². The zero-order chi connectivity index (χ0) is 18.2. The first-order valence-corrected chi connectivity index (χ1v) is 7.33. The van der Waals surface area contributed by atoms with Crippen molar-refractivity contribution in [2.45, 2.75) is 0 Å². The second kappa shape index (κ2) is 8.55. The third-order valence-electron chi connectivity index (χ3n) is 3.24. The van der Waals surface area contributed by atoms with Gasteiger partial charge in [0.15, 0.2) is 0 Å². The van der Waals surface area contributed by atoms with Crippen molar-refractivity contribution in [3.63, 3.8) is 0 Å². The van der Waals surface area contributed by atoms with Crippen molar-refractivity contribution in [2.75, 3.05) is 25.6 Å². The number of benzene rings is 2. The Balaban J connectivity index is 1.97. The molecule has 2 aromatic carbocycles. The van der Waals surface area contributed by atoms with E-state index in [1.807, 2.05) is 0 Å². The molecule has 2 rings (SSSR count). The SMILES string of the molecule is COCCOC(=O)c1ccc(NC(=O)c2ccc([N+](=O)[O-])cc2)cc1. The van der Waals surface area contributed by atoms with Crippen LogP contribution in [-0.2, 0) is 9.47 Å². The van der Waals surface area contributed by atoms with E-state index in [-0.39, 0.29) is 17.9 Å². The maximum absolute atomic E-state index is 12.1. The molecule has 0 radical (unpaired) electrons. The number of esters is 1. The molecule has 1 N–H and O–H groups in total. The molecule has 0 spiro atoms. The number of nitro groups is 1. The number of hydrogen-bond donors (Lipinski definition) is 1. The van der Waals surface area contributed by atoms with E-state index in [1.54, 1.807) is 12.1 Å². The lowest BCUT2D eigenvalue weighted by molar-refractivity contribution is -0.384. The predicted octanol–water partition coefficient (Wildman–Crippen LogP) is 2.65.